The van der Waals surface area contributed by atoms with Crippen molar-refractivity contribution in [3.63, 3.8) is 0 Å². The van der Waals surface area contributed by atoms with Gasteiger partial charge in [0.2, 0.25) is 0 Å². The van der Waals surface area contributed by atoms with Crippen molar-refractivity contribution in [2.75, 3.05) is 4.90 Å². The first-order chi connectivity index (χ1) is 37.1. The molecule has 9 rings (SSSR count). The zero-order chi connectivity index (χ0) is 59.7. The summed E-state index contributed by atoms with van der Waals surface area (Å²) in [5.41, 5.74) is -9.39. The summed E-state index contributed by atoms with van der Waals surface area (Å²) < 4.78 is 286. The summed E-state index contributed by atoms with van der Waals surface area (Å²) in [5, 5.41) is -2.54. The number of anilines is 3. The van der Waals surface area contributed by atoms with Crippen LogP contribution in [0.3, 0.4) is 0 Å². The number of para-hydroxylation sites is 2. The van der Waals surface area contributed by atoms with E-state index in [4.69, 9.17) is 31.5 Å². The van der Waals surface area contributed by atoms with Crippen LogP contribution in [0, 0.1) is 0 Å². The molecular formula is C46H32N2. The largest absolute Gasteiger partial charge is 0.310 e. The minimum absolute atomic E-state index is 0.305. The molecule has 0 bridgehead atoms. The maximum atomic E-state index is 9.74. The Kier molecular flexibility index (Phi) is 2.53. The highest BCUT2D eigenvalue weighted by molar-refractivity contribution is 6.10. The third-order valence-corrected chi connectivity index (χ3v) is 7.00. The molecule has 0 saturated heterocycles. The standard InChI is InChI=1S/C46H32N2/c1-3-12-33(13-4-1)37-16-11-19-41(30-37)47(39-17-5-2-6-18-39)40-26-22-35(23-27-40)38-25-29-46-44(32-38)43-20-9-10-21-45(43)48(46)42-28-24-34-14-7-8-15-36(34)31-42/h1-32H/i1D,2D,3D,4D,5D,6D,7D,8D,9D,10D,11D,12D,13D,14D,15D,16D,17D,18D,19D,20D,21D,22D,23D,24D,25D,26D,27D,28D,29D,30D,31D,32D. The number of benzene rings is 8. The van der Waals surface area contributed by atoms with Crippen molar-refractivity contribution in [3.8, 4) is 27.9 Å². The Morgan fingerprint density at radius 2 is 0.938 bits per heavy atom. The highest BCUT2D eigenvalue weighted by Crippen LogP contribution is 2.39. The maximum absolute atomic E-state index is 9.74. The van der Waals surface area contributed by atoms with E-state index in [2.05, 4.69) is 0 Å². The molecule has 0 radical (unpaired) electrons. The number of hydrogen-bond acceptors (Lipinski definition) is 1. The van der Waals surface area contributed by atoms with Crippen LogP contribution in [-0.4, -0.2) is 4.57 Å². The van der Waals surface area contributed by atoms with Gasteiger partial charge in [0, 0.05) is 33.5 Å². The van der Waals surface area contributed by atoms with Gasteiger partial charge in [0.05, 0.1) is 54.9 Å². The van der Waals surface area contributed by atoms with Crippen molar-refractivity contribution in [3.05, 3.63) is 193 Å². The molecule has 0 amide bonds. The minimum atomic E-state index is -1.31. The first kappa shape index (κ1) is 10.3. The topological polar surface area (TPSA) is 8.17 Å². The summed E-state index contributed by atoms with van der Waals surface area (Å²) in [6, 6.07) is -33.4. The fraction of sp³-hybridized carbons (Fsp3) is 0. The molecule has 0 N–H and O–H groups in total. The molecule has 0 unspecified atom stereocenters. The Bertz CT molecular complexity index is 4310. The Morgan fingerprint density at radius 3 is 1.77 bits per heavy atom. The van der Waals surface area contributed by atoms with E-state index in [0.29, 0.717) is 9.47 Å². The number of fused-ring (bicyclic) bond motifs is 4. The van der Waals surface area contributed by atoms with Crippen molar-refractivity contribution in [1.82, 2.24) is 4.57 Å². The van der Waals surface area contributed by atoms with Gasteiger partial charge in [0.1, 0.15) is 0 Å². The van der Waals surface area contributed by atoms with Gasteiger partial charge in [-0.25, -0.2) is 0 Å². The fourth-order valence-electron chi connectivity index (χ4n) is 4.93. The highest BCUT2D eigenvalue weighted by atomic mass is 15.1. The second kappa shape index (κ2) is 11.8. The van der Waals surface area contributed by atoms with Gasteiger partial charge in [0.15, 0.2) is 0 Å². The van der Waals surface area contributed by atoms with Crippen molar-refractivity contribution < 1.29 is 43.9 Å². The summed E-state index contributed by atoms with van der Waals surface area (Å²) in [5.74, 6) is 0. The monoisotopic (exact) mass is 644 g/mol. The average molecular weight is 645 g/mol. The third-order valence-electron chi connectivity index (χ3n) is 7.00. The lowest BCUT2D eigenvalue weighted by Crippen LogP contribution is -2.09. The summed E-state index contributed by atoms with van der Waals surface area (Å²) in [4.78, 5) is 0.305. The first-order valence-electron chi connectivity index (χ1n) is 29.8. The van der Waals surface area contributed by atoms with Gasteiger partial charge in [-0.05, 0) is 99.5 Å². The second-order valence-electron chi connectivity index (χ2n) is 9.76. The summed E-state index contributed by atoms with van der Waals surface area (Å²) in [6.45, 7) is 0. The van der Waals surface area contributed by atoms with Crippen LogP contribution >= 0.6 is 0 Å². The predicted octanol–water partition coefficient (Wildman–Crippen LogP) is 12.7. The van der Waals surface area contributed by atoms with E-state index in [1.54, 1.807) is 0 Å². The Labute approximate surface area is 325 Å². The molecule has 0 aliphatic carbocycles. The van der Waals surface area contributed by atoms with Gasteiger partial charge < -0.3 is 9.47 Å². The summed E-state index contributed by atoms with van der Waals surface area (Å²) in [7, 11) is 0. The third kappa shape index (κ3) is 4.92. The van der Waals surface area contributed by atoms with Gasteiger partial charge in [0.25, 0.3) is 0 Å². The van der Waals surface area contributed by atoms with Crippen LogP contribution in [0.2, 0.25) is 0 Å². The SMILES string of the molecule is [2H]c1c([2H])c([2H])c(-c2c([2H])c([2H])c([2H])c(N(c3c([2H])c([2H])c([2H])c([2H])c3[2H])c3c([2H])c([2H])c(-c4c([2H])c([2H])c5c(c4[2H])c4c([2H])c([2H])c([2H])c([2H])c4n5-c4c([2H])c([2H])c5c([2H])c([2H])c([2H])c([2H])c5c4[2H])c([2H])c3[2H])c2[2H])c([2H])c1[2H]. The fourth-order valence-corrected chi connectivity index (χ4v) is 4.93. The molecule has 48 heavy (non-hydrogen) atoms. The van der Waals surface area contributed by atoms with Crippen LogP contribution in [0.25, 0.3) is 60.5 Å². The van der Waals surface area contributed by atoms with Gasteiger partial charge in [-0.1, -0.05) is 127 Å². The molecule has 1 aromatic heterocycles. The molecule has 0 aliphatic rings. The molecule has 2 heteroatoms. The van der Waals surface area contributed by atoms with Crippen LogP contribution in [0.4, 0.5) is 17.1 Å². The van der Waals surface area contributed by atoms with Crippen molar-refractivity contribution in [2.45, 2.75) is 0 Å². The zero-order valence-corrected chi connectivity index (χ0v) is 23.9. The zero-order valence-electron chi connectivity index (χ0n) is 55.9. The molecule has 0 fully saturated rings. The van der Waals surface area contributed by atoms with Crippen molar-refractivity contribution >= 4 is 49.6 Å². The first-order valence-corrected chi connectivity index (χ1v) is 13.8. The van der Waals surface area contributed by atoms with Crippen LogP contribution in [0.15, 0.2) is 193 Å². The number of hydrogen-bond donors (Lipinski definition) is 0. The van der Waals surface area contributed by atoms with Gasteiger partial charge in [-0.3, -0.25) is 0 Å². The summed E-state index contributed by atoms with van der Waals surface area (Å²) >= 11 is 0. The molecule has 1 heterocycles. The van der Waals surface area contributed by atoms with E-state index < -0.39 is 271 Å². The van der Waals surface area contributed by atoms with Gasteiger partial charge in [-0.2, -0.15) is 0 Å². The molecule has 0 spiro atoms. The van der Waals surface area contributed by atoms with Crippen LogP contribution < -0.4 is 4.90 Å². The normalized spacial score (nSPS) is 20.7. The Balaban J connectivity index is 1.45. The average Bonchev–Trinajstić information content (AvgIpc) is 4.02. The lowest BCUT2D eigenvalue weighted by molar-refractivity contribution is 1.19. The van der Waals surface area contributed by atoms with E-state index in [-0.39, 0.29) is 0 Å². The van der Waals surface area contributed by atoms with E-state index in [1.165, 1.54) is 0 Å². The van der Waals surface area contributed by atoms with Crippen LogP contribution in [0.1, 0.15) is 43.9 Å². The van der Waals surface area contributed by atoms with Crippen LogP contribution in [-0.2, 0) is 0 Å². The van der Waals surface area contributed by atoms with E-state index >= 15 is 0 Å². The molecule has 8 aromatic carbocycles. The second-order valence-corrected chi connectivity index (χ2v) is 9.76. The minimum Gasteiger partial charge on any atom is -0.310 e. The molecule has 226 valence electrons. The lowest BCUT2D eigenvalue weighted by Gasteiger charge is -2.26. The van der Waals surface area contributed by atoms with E-state index in [9.17, 15) is 12.3 Å². The van der Waals surface area contributed by atoms with Gasteiger partial charge >= 0.3 is 0 Å². The smallest absolute Gasteiger partial charge is 0.0651 e. The Hall–Kier alpha value is -6.38. The van der Waals surface area contributed by atoms with E-state index in [0.717, 1.165) is 0 Å². The number of rotatable bonds is 6. The summed E-state index contributed by atoms with van der Waals surface area (Å²) in [6.07, 6.45) is 0. The van der Waals surface area contributed by atoms with Gasteiger partial charge in [-0.15, -0.1) is 0 Å². The number of nitrogens with zero attached hydrogens (tertiary/aromatic N) is 2. The Morgan fingerprint density at radius 1 is 0.354 bits per heavy atom. The van der Waals surface area contributed by atoms with E-state index in [1.807, 2.05) is 0 Å². The van der Waals surface area contributed by atoms with Crippen molar-refractivity contribution in [2.24, 2.45) is 0 Å². The van der Waals surface area contributed by atoms with Crippen LogP contribution in [0.5, 0.6) is 0 Å². The lowest BCUT2D eigenvalue weighted by atomic mass is 10.0. The highest BCUT2D eigenvalue weighted by Gasteiger charge is 2.16. The quantitative estimate of drug-likeness (QED) is 0.175. The molecule has 9 aromatic rings. The molecular weight excluding hydrogens is 581 g/mol. The predicted molar refractivity (Wildman–Crippen MR) is 204 cm³/mol. The molecule has 0 atom stereocenters. The molecule has 0 saturated carbocycles. The molecule has 0 aliphatic heterocycles. The van der Waals surface area contributed by atoms with Crippen molar-refractivity contribution in [1.29, 1.82) is 0 Å². The molecule has 2 nitrogen and oxygen atoms in total. The number of aromatic nitrogens is 1. The maximum Gasteiger partial charge on any atom is 0.0651 e.